The van der Waals surface area contributed by atoms with E-state index in [1.165, 1.54) is 32.1 Å². The molecule has 0 radical (unpaired) electrons. The molecule has 4 aliphatic carbocycles. The lowest BCUT2D eigenvalue weighted by Crippen LogP contribution is -2.60. The van der Waals surface area contributed by atoms with Crippen molar-refractivity contribution in [1.29, 1.82) is 0 Å². The maximum absolute atomic E-state index is 10.5. The molecule has 5 aliphatic rings. The Morgan fingerprint density at radius 1 is 0.951 bits per heavy atom. The Morgan fingerprint density at radius 2 is 1.66 bits per heavy atom. The number of rotatable bonds is 8. The summed E-state index contributed by atoms with van der Waals surface area (Å²) in [5, 5.41) is 40.4. The van der Waals surface area contributed by atoms with E-state index in [2.05, 4.69) is 59.8 Å². The van der Waals surface area contributed by atoms with E-state index in [-0.39, 0.29) is 11.5 Å². The van der Waals surface area contributed by atoms with E-state index in [0.29, 0.717) is 40.9 Å². The van der Waals surface area contributed by atoms with Gasteiger partial charge in [-0.05, 0) is 110 Å². The average molecular weight is 575 g/mol. The SMILES string of the molecule is CC[C@H](C=C[C@H](C)[C@H]1CC[C@H]2C3=CC[C@H]4C[C@H](O[C@@H]5O[C@H](CO)[C@@H](O)[C@H](O)[C@H]5O)CC[C@]4(C)[C@@H]3CC[C@]12C)C(C)C. The van der Waals surface area contributed by atoms with E-state index in [1.54, 1.807) is 5.57 Å². The van der Waals surface area contributed by atoms with Crippen molar-refractivity contribution in [1.82, 2.24) is 0 Å². The zero-order valence-electron chi connectivity index (χ0n) is 26.4. The molecule has 0 spiro atoms. The van der Waals surface area contributed by atoms with Gasteiger partial charge in [0, 0.05) is 0 Å². The predicted molar refractivity (Wildman–Crippen MR) is 161 cm³/mol. The van der Waals surface area contributed by atoms with Crippen molar-refractivity contribution in [2.75, 3.05) is 6.61 Å². The van der Waals surface area contributed by atoms with Gasteiger partial charge in [0.1, 0.15) is 24.4 Å². The van der Waals surface area contributed by atoms with Gasteiger partial charge in [0.05, 0.1) is 12.7 Å². The Morgan fingerprint density at radius 3 is 2.34 bits per heavy atom. The third-order valence-corrected chi connectivity index (χ3v) is 12.9. The second-order valence-corrected chi connectivity index (χ2v) is 15.3. The number of hydrogen-bond donors (Lipinski definition) is 4. The molecule has 41 heavy (non-hydrogen) atoms. The Bertz CT molecular complexity index is 960. The largest absolute Gasteiger partial charge is 0.394 e. The van der Waals surface area contributed by atoms with E-state index < -0.39 is 37.3 Å². The second-order valence-electron chi connectivity index (χ2n) is 15.3. The van der Waals surface area contributed by atoms with E-state index >= 15 is 0 Å². The van der Waals surface area contributed by atoms with Crippen LogP contribution < -0.4 is 0 Å². The fourth-order valence-corrected chi connectivity index (χ4v) is 10.2. The van der Waals surface area contributed by atoms with Crippen LogP contribution >= 0.6 is 0 Å². The number of ether oxygens (including phenoxy) is 2. The number of hydrogen-bond acceptors (Lipinski definition) is 6. The van der Waals surface area contributed by atoms with Gasteiger partial charge < -0.3 is 29.9 Å². The van der Waals surface area contributed by atoms with E-state index in [4.69, 9.17) is 9.47 Å². The number of aliphatic hydroxyl groups is 4. The second kappa shape index (κ2) is 12.3. The number of fused-ring (bicyclic) bond motifs is 5. The van der Waals surface area contributed by atoms with Crippen LogP contribution in [0.15, 0.2) is 23.8 Å². The fourth-order valence-electron chi connectivity index (χ4n) is 10.2. The Hall–Kier alpha value is -0.760. The molecule has 5 rings (SSSR count). The van der Waals surface area contributed by atoms with Crippen LogP contribution in [0.2, 0.25) is 0 Å². The van der Waals surface area contributed by atoms with Crippen molar-refractivity contribution in [2.45, 2.75) is 136 Å². The molecular formula is C35H58O6. The lowest BCUT2D eigenvalue weighted by Gasteiger charge is -2.58. The van der Waals surface area contributed by atoms with Crippen molar-refractivity contribution in [3.8, 4) is 0 Å². The maximum atomic E-state index is 10.5. The lowest BCUT2D eigenvalue weighted by molar-refractivity contribution is -0.315. The third-order valence-electron chi connectivity index (χ3n) is 12.9. The molecule has 1 saturated heterocycles. The molecule has 0 unspecified atom stereocenters. The van der Waals surface area contributed by atoms with Gasteiger partial charge in [0.25, 0.3) is 0 Å². The molecule has 3 saturated carbocycles. The van der Waals surface area contributed by atoms with Crippen LogP contribution in [-0.2, 0) is 9.47 Å². The van der Waals surface area contributed by atoms with Crippen LogP contribution in [0.5, 0.6) is 0 Å². The monoisotopic (exact) mass is 574 g/mol. The quantitative estimate of drug-likeness (QED) is 0.281. The van der Waals surface area contributed by atoms with Gasteiger partial charge in [-0.3, -0.25) is 0 Å². The van der Waals surface area contributed by atoms with Crippen molar-refractivity contribution >= 4 is 0 Å². The van der Waals surface area contributed by atoms with Crippen LogP contribution in [-0.4, -0.2) is 63.8 Å². The summed E-state index contributed by atoms with van der Waals surface area (Å²) in [4.78, 5) is 0. The van der Waals surface area contributed by atoms with Crippen molar-refractivity contribution in [3.63, 3.8) is 0 Å². The highest BCUT2D eigenvalue weighted by atomic mass is 16.7. The summed E-state index contributed by atoms with van der Waals surface area (Å²) in [5.41, 5.74) is 2.41. The Kier molecular flexibility index (Phi) is 9.51. The Balaban J connectivity index is 1.26. The zero-order valence-corrected chi connectivity index (χ0v) is 26.4. The smallest absolute Gasteiger partial charge is 0.186 e. The van der Waals surface area contributed by atoms with Gasteiger partial charge in [-0.25, -0.2) is 0 Å². The van der Waals surface area contributed by atoms with Crippen LogP contribution in [0.3, 0.4) is 0 Å². The molecule has 14 atom stereocenters. The predicted octanol–water partition coefficient (Wildman–Crippen LogP) is 5.63. The first-order valence-electron chi connectivity index (χ1n) is 16.8. The molecule has 1 aliphatic heterocycles. The molecule has 4 N–H and O–H groups in total. The Labute approximate surface area is 248 Å². The van der Waals surface area contributed by atoms with E-state index in [0.717, 1.165) is 31.6 Å². The molecule has 0 bridgehead atoms. The summed E-state index contributed by atoms with van der Waals surface area (Å²) in [7, 11) is 0. The molecule has 0 aromatic carbocycles. The minimum Gasteiger partial charge on any atom is -0.394 e. The summed E-state index contributed by atoms with van der Waals surface area (Å²) in [6, 6.07) is 0. The molecule has 0 aromatic heterocycles. The first-order valence-corrected chi connectivity index (χ1v) is 16.8. The highest BCUT2D eigenvalue weighted by molar-refractivity contribution is 5.28. The molecule has 4 fully saturated rings. The summed E-state index contributed by atoms with van der Waals surface area (Å²) in [6.07, 6.45) is 12.0. The summed E-state index contributed by atoms with van der Waals surface area (Å²) < 4.78 is 11.9. The van der Waals surface area contributed by atoms with E-state index in [1.807, 2.05) is 0 Å². The molecule has 234 valence electrons. The van der Waals surface area contributed by atoms with E-state index in [9.17, 15) is 20.4 Å². The van der Waals surface area contributed by atoms with Crippen molar-refractivity contribution in [3.05, 3.63) is 23.8 Å². The van der Waals surface area contributed by atoms with Crippen LogP contribution in [0.1, 0.15) is 99.3 Å². The summed E-state index contributed by atoms with van der Waals surface area (Å²) in [5.74, 6) is 4.61. The van der Waals surface area contributed by atoms with Gasteiger partial charge in [-0.2, -0.15) is 0 Å². The van der Waals surface area contributed by atoms with Crippen LogP contribution in [0.4, 0.5) is 0 Å². The topological polar surface area (TPSA) is 99.4 Å². The van der Waals surface area contributed by atoms with Crippen molar-refractivity contribution in [2.24, 2.45) is 52.3 Å². The highest BCUT2D eigenvalue weighted by Gasteiger charge is 2.58. The third kappa shape index (κ3) is 5.64. The molecule has 6 nitrogen and oxygen atoms in total. The van der Waals surface area contributed by atoms with Crippen molar-refractivity contribution < 1.29 is 29.9 Å². The fraction of sp³-hybridized carbons (Fsp3) is 0.886. The molecule has 0 amide bonds. The van der Waals surface area contributed by atoms with Gasteiger partial charge in [0.2, 0.25) is 0 Å². The normalized spacial score (nSPS) is 47.9. The highest BCUT2D eigenvalue weighted by Crippen LogP contribution is 2.67. The van der Waals surface area contributed by atoms with Gasteiger partial charge in [-0.15, -0.1) is 0 Å². The summed E-state index contributed by atoms with van der Waals surface area (Å²) >= 11 is 0. The summed E-state index contributed by atoms with van der Waals surface area (Å²) in [6.45, 7) is 14.2. The molecule has 6 heteroatoms. The zero-order chi connectivity index (χ0) is 29.7. The minimum absolute atomic E-state index is 0.0698. The number of allylic oxidation sites excluding steroid dienone is 4. The minimum atomic E-state index is -1.40. The molecular weight excluding hydrogens is 516 g/mol. The van der Waals surface area contributed by atoms with Gasteiger partial charge in [-0.1, -0.05) is 65.3 Å². The van der Waals surface area contributed by atoms with Gasteiger partial charge in [0.15, 0.2) is 6.29 Å². The lowest BCUT2D eigenvalue weighted by atomic mass is 9.47. The average Bonchev–Trinajstić information content (AvgIpc) is 3.30. The standard InChI is InChI=1S/C35H58O6/c1-7-22(20(2)3)9-8-21(4)26-12-13-27-25-11-10-23-18-24(14-16-34(23,5)28(25)15-17-35(26,27)6)40-33-32(39)31(38)30(37)29(19-36)41-33/h8-9,11,20-24,26-33,36-39H,7,10,12-19H2,1-6H3/t21-,22+,23-,24+,26+,27-,28+,29+,30+,31-,32+,33+,34-,35+/m0/s1. The van der Waals surface area contributed by atoms with Gasteiger partial charge >= 0.3 is 0 Å². The maximum Gasteiger partial charge on any atom is 0.186 e. The first kappa shape index (κ1) is 31.7. The van der Waals surface area contributed by atoms with Crippen LogP contribution in [0, 0.1) is 52.3 Å². The van der Waals surface area contributed by atoms with Crippen LogP contribution in [0.25, 0.3) is 0 Å². The number of aliphatic hydroxyl groups excluding tert-OH is 4. The first-order chi connectivity index (χ1) is 19.4. The molecule has 1 heterocycles. The molecule has 0 aromatic rings.